The molecule has 2 heterocycles. The van der Waals surface area contributed by atoms with Crippen molar-refractivity contribution in [3.05, 3.63) is 34.9 Å². The number of carbonyl (C=O) groups excluding carboxylic acids is 2. The second-order valence-corrected chi connectivity index (χ2v) is 7.88. The van der Waals surface area contributed by atoms with Gasteiger partial charge in [-0.2, -0.15) is 0 Å². The van der Waals surface area contributed by atoms with Gasteiger partial charge in [-0.1, -0.05) is 18.8 Å². The molecule has 32 heavy (non-hydrogen) atoms. The van der Waals surface area contributed by atoms with Crippen LogP contribution in [0.3, 0.4) is 0 Å². The van der Waals surface area contributed by atoms with Gasteiger partial charge in [-0.15, -0.1) is 0 Å². The molecule has 1 aromatic heterocycles. The maximum atomic E-state index is 14.3. The first-order chi connectivity index (χ1) is 15.3. The van der Waals surface area contributed by atoms with E-state index in [1.807, 2.05) is 4.57 Å². The van der Waals surface area contributed by atoms with Gasteiger partial charge in [0.2, 0.25) is 0 Å². The Morgan fingerprint density at radius 3 is 2.72 bits per heavy atom. The molecule has 4 rings (SSSR count). The normalized spacial score (nSPS) is 15.1. The van der Waals surface area contributed by atoms with Crippen molar-refractivity contribution < 1.29 is 23.8 Å². The lowest BCUT2D eigenvalue weighted by Gasteiger charge is -2.08. The fourth-order valence-electron chi connectivity index (χ4n) is 3.23. The van der Waals surface area contributed by atoms with Gasteiger partial charge >= 0.3 is 0 Å². The summed E-state index contributed by atoms with van der Waals surface area (Å²) in [5.41, 5.74) is 7.01. The molecular weight excluding hydrogens is 415 g/mol. The molecule has 1 aliphatic carbocycles. The minimum Gasteiger partial charge on any atom is -0.491 e. The summed E-state index contributed by atoms with van der Waals surface area (Å²) in [5.74, 6) is 4.46. The Kier molecular flexibility index (Phi) is 7.28. The summed E-state index contributed by atoms with van der Waals surface area (Å²) in [6, 6.07) is 2.64. The van der Waals surface area contributed by atoms with Gasteiger partial charge in [-0.25, -0.2) is 9.37 Å². The molecule has 1 aliphatic heterocycles. The van der Waals surface area contributed by atoms with Crippen LogP contribution in [0.4, 0.5) is 4.39 Å². The molecule has 0 saturated heterocycles. The minimum atomic E-state index is -1.50. The summed E-state index contributed by atoms with van der Waals surface area (Å²) in [4.78, 5) is 28.9. The highest BCUT2D eigenvalue weighted by atomic mass is 19.1. The van der Waals surface area contributed by atoms with Crippen molar-refractivity contribution in [2.24, 2.45) is 5.73 Å². The van der Waals surface area contributed by atoms with E-state index in [0.717, 1.165) is 25.1 Å². The standard InChI is InChI=1S/C19H16FN3O4.C4H11N/c20-14-8-15-13(7-11(14)3-4-12(25)9-24)19-22-16(18(21)26)17(10-1-2-10)23(19)5-6-27-15;1-4-5(2)3/h7-10,12,25H,1-2,5-6H2,(H2,21,26);4H2,1-3H3. The molecule has 1 fully saturated rings. The van der Waals surface area contributed by atoms with Crippen LogP contribution in [0.5, 0.6) is 5.75 Å². The van der Waals surface area contributed by atoms with Crippen LogP contribution in [0.15, 0.2) is 12.1 Å². The third-order valence-corrected chi connectivity index (χ3v) is 5.20. The van der Waals surface area contributed by atoms with Crippen LogP contribution in [0.1, 0.15) is 47.4 Å². The number of amides is 1. The summed E-state index contributed by atoms with van der Waals surface area (Å²) in [5, 5.41) is 9.26. The maximum Gasteiger partial charge on any atom is 0.269 e. The summed E-state index contributed by atoms with van der Waals surface area (Å²) in [6.45, 7) is 4.02. The van der Waals surface area contributed by atoms with Crippen molar-refractivity contribution >= 4 is 12.2 Å². The molecule has 1 aromatic carbocycles. The molecule has 0 radical (unpaired) electrons. The molecule has 1 amide bonds. The van der Waals surface area contributed by atoms with Crippen LogP contribution < -0.4 is 10.5 Å². The first kappa shape index (κ1) is 23.4. The number of carbonyl (C=O) groups is 2. The van der Waals surface area contributed by atoms with Crippen molar-refractivity contribution in [3.63, 3.8) is 0 Å². The van der Waals surface area contributed by atoms with Gasteiger partial charge in [0.1, 0.15) is 29.7 Å². The number of aromatic nitrogens is 2. The Morgan fingerprint density at radius 2 is 2.16 bits per heavy atom. The average molecular weight is 442 g/mol. The lowest BCUT2D eigenvalue weighted by molar-refractivity contribution is -0.112. The van der Waals surface area contributed by atoms with Crippen molar-refractivity contribution in [2.75, 3.05) is 27.2 Å². The first-order valence-corrected chi connectivity index (χ1v) is 10.4. The van der Waals surface area contributed by atoms with Crippen LogP contribution in [0.25, 0.3) is 11.4 Å². The van der Waals surface area contributed by atoms with Gasteiger partial charge in [0.05, 0.1) is 23.4 Å². The maximum absolute atomic E-state index is 14.3. The second-order valence-electron chi connectivity index (χ2n) is 7.88. The van der Waals surface area contributed by atoms with Gasteiger partial charge < -0.3 is 25.0 Å². The van der Waals surface area contributed by atoms with E-state index in [1.54, 1.807) is 0 Å². The molecule has 1 saturated carbocycles. The quantitative estimate of drug-likeness (QED) is 0.549. The number of rotatable bonds is 4. The van der Waals surface area contributed by atoms with Crippen molar-refractivity contribution in [1.82, 2.24) is 14.5 Å². The van der Waals surface area contributed by atoms with E-state index in [0.29, 0.717) is 24.5 Å². The van der Waals surface area contributed by atoms with Crippen molar-refractivity contribution in [3.8, 4) is 29.0 Å². The number of benzene rings is 1. The lowest BCUT2D eigenvalue weighted by atomic mass is 10.1. The highest BCUT2D eigenvalue weighted by Gasteiger charge is 2.35. The first-order valence-electron chi connectivity index (χ1n) is 10.4. The van der Waals surface area contributed by atoms with Crippen LogP contribution in [-0.2, 0) is 11.3 Å². The summed E-state index contributed by atoms with van der Waals surface area (Å²) in [7, 11) is 4.11. The largest absolute Gasteiger partial charge is 0.491 e. The average Bonchev–Trinajstić information content (AvgIpc) is 3.56. The van der Waals surface area contributed by atoms with Gasteiger partial charge in [-0.05, 0) is 39.5 Å². The predicted octanol–water partition coefficient (Wildman–Crippen LogP) is 1.54. The highest BCUT2D eigenvalue weighted by Crippen LogP contribution is 2.45. The topological polar surface area (TPSA) is 111 Å². The molecule has 170 valence electrons. The number of hydrogen-bond acceptors (Lipinski definition) is 6. The Hall–Kier alpha value is -3.22. The van der Waals surface area contributed by atoms with E-state index in [2.05, 4.69) is 42.7 Å². The fourth-order valence-corrected chi connectivity index (χ4v) is 3.23. The molecule has 1 atom stereocenters. The molecule has 8 nitrogen and oxygen atoms in total. The van der Waals surface area contributed by atoms with E-state index in [4.69, 9.17) is 10.5 Å². The number of aliphatic hydroxyl groups is 1. The molecule has 2 aliphatic rings. The van der Waals surface area contributed by atoms with Gasteiger partial charge in [0.25, 0.3) is 5.91 Å². The highest BCUT2D eigenvalue weighted by molar-refractivity contribution is 5.93. The number of aliphatic hydroxyl groups excluding tert-OH is 1. The Morgan fingerprint density at radius 1 is 1.47 bits per heavy atom. The van der Waals surface area contributed by atoms with E-state index >= 15 is 0 Å². The predicted molar refractivity (Wildman–Crippen MR) is 117 cm³/mol. The van der Waals surface area contributed by atoms with Gasteiger partial charge in [0.15, 0.2) is 12.4 Å². The zero-order chi connectivity index (χ0) is 23.4. The lowest BCUT2D eigenvalue weighted by Crippen LogP contribution is -2.16. The third kappa shape index (κ3) is 5.15. The Bertz CT molecular complexity index is 1080. The smallest absolute Gasteiger partial charge is 0.269 e. The number of primary amides is 1. The van der Waals surface area contributed by atoms with E-state index in [1.165, 1.54) is 12.1 Å². The number of hydrogen-bond donors (Lipinski definition) is 2. The monoisotopic (exact) mass is 442 g/mol. The molecule has 2 aromatic rings. The molecular formula is C23H27FN4O4. The van der Waals surface area contributed by atoms with Crippen LogP contribution in [-0.4, -0.2) is 65.1 Å². The number of imidazole rings is 1. The Labute approximate surface area is 186 Å². The van der Waals surface area contributed by atoms with Crippen LogP contribution in [0.2, 0.25) is 0 Å². The van der Waals surface area contributed by atoms with Gasteiger partial charge in [-0.3, -0.25) is 9.59 Å². The van der Waals surface area contributed by atoms with Crippen molar-refractivity contribution in [1.29, 1.82) is 0 Å². The summed E-state index contributed by atoms with van der Waals surface area (Å²) in [6.07, 6.45) is 0.682. The second kappa shape index (κ2) is 9.94. The molecule has 9 heteroatoms. The summed E-state index contributed by atoms with van der Waals surface area (Å²) >= 11 is 0. The van der Waals surface area contributed by atoms with Crippen molar-refractivity contribution in [2.45, 2.75) is 38.3 Å². The van der Waals surface area contributed by atoms with E-state index in [-0.39, 0.29) is 29.2 Å². The molecule has 0 spiro atoms. The molecule has 3 N–H and O–H groups in total. The SMILES string of the molecule is CCN(C)C.NC(=O)c1nc2n(c1C1CC1)CCOc1cc(F)c(C#CC(O)C=O)cc1-2. The number of ether oxygens (including phenoxy) is 1. The summed E-state index contributed by atoms with van der Waals surface area (Å²) < 4.78 is 21.9. The molecule has 0 bridgehead atoms. The fraction of sp³-hybridized carbons (Fsp3) is 0.435. The zero-order valence-corrected chi connectivity index (χ0v) is 18.4. The number of halogens is 1. The number of fused-ring (bicyclic) bond motifs is 3. The number of aldehydes is 1. The van der Waals surface area contributed by atoms with E-state index in [9.17, 15) is 19.1 Å². The van der Waals surface area contributed by atoms with Crippen LogP contribution >= 0.6 is 0 Å². The van der Waals surface area contributed by atoms with Crippen LogP contribution in [0, 0.1) is 17.7 Å². The zero-order valence-electron chi connectivity index (χ0n) is 18.4. The number of nitrogens with zero attached hydrogens (tertiary/aromatic N) is 3. The van der Waals surface area contributed by atoms with E-state index < -0.39 is 17.8 Å². The number of nitrogens with two attached hydrogens (primary N) is 1. The minimum absolute atomic E-state index is 0.0108. The molecule has 1 unspecified atom stereocenters. The van der Waals surface area contributed by atoms with Gasteiger partial charge in [0, 0.05) is 12.0 Å². The third-order valence-electron chi connectivity index (χ3n) is 5.20. The Balaban J connectivity index is 0.000000523.